The molecule has 0 unspecified atom stereocenters. The normalized spacial score (nSPS) is 13.9. The van der Waals surface area contributed by atoms with Gasteiger partial charge in [0.25, 0.3) is 11.6 Å². The quantitative estimate of drug-likeness (QED) is 0.444. The monoisotopic (exact) mass is 387 g/mol. The highest BCUT2D eigenvalue weighted by atomic mass is 19.1. The number of benzene rings is 2. The van der Waals surface area contributed by atoms with E-state index in [1.165, 1.54) is 35.2 Å². The Bertz CT molecular complexity index is 897. The van der Waals surface area contributed by atoms with Gasteiger partial charge >= 0.3 is 5.97 Å². The fourth-order valence-corrected chi connectivity index (χ4v) is 3.01. The van der Waals surface area contributed by atoms with Crippen LogP contribution in [0, 0.1) is 15.9 Å². The number of carbonyl (C=O) groups is 2. The second-order valence-electron chi connectivity index (χ2n) is 6.17. The molecule has 146 valence electrons. The summed E-state index contributed by atoms with van der Waals surface area (Å²) in [5, 5.41) is 11.0. The van der Waals surface area contributed by atoms with Crippen LogP contribution in [0.2, 0.25) is 0 Å². The van der Waals surface area contributed by atoms with E-state index in [-0.39, 0.29) is 17.1 Å². The van der Waals surface area contributed by atoms with Crippen LogP contribution >= 0.6 is 0 Å². The lowest BCUT2D eigenvalue weighted by Gasteiger charge is -2.36. The molecule has 2 aromatic carbocycles. The van der Waals surface area contributed by atoms with Crippen molar-refractivity contribution in [2.24, 2.45) is 0 Å². The van der Waals surface area contributed by atoms with E-state index in [0.717, 1.165) is 0 Å². The van der Waals surface area contributed by atoms with Crippen molar-refractivity contribution in [2.45, 2.75) is 0 Å². The average Bonchev–Trinajstić information content (AvgIpc) is 2.72. The van der Waals surface area contributed by atoms with Gasteiger partial charge in [0, 0.05) is 32.2 Å². The maximum Gasteiger partial charge on any atom is 0.345 e. The Hall–Kier alpha value is -3.49. The largest absolute Gasteiger partial charge is 0.452 e. The highest BCUT2D eigenvalue weighted by Gasteiger charge is 2.25. The SMILES string of the molecule is O=C(OCC(=O)N1CCN(c2ccccc2F)CC1)c1ccccc1[N+](=O)[O-]. The second-order valence-corrected chi connectivity index (χ2v) is 6.17. The molecule has 0 radical (unpaired) electrons. The fraction of sp³-hybridized carbons (Fsp3) is 0.263. The lowest BCUT2D eigenvalue weighted by molar-refractivity contribution is -0.385. The van der Waals surface area contributed by atoms with Crippen LogP contribution in [0.4, 0.5) is 15.8 Å². The zero-order valence-electron chi connectivity index (χ0n) is 14.9. The minimum atomic E-state index is -0.925. The summed E-state index contributed by atoms with van der Waals surface area (Å²) in [6.07, 6.45) is 0. The number of nitro benzene ring substituents is 1. The third kappa shape index (κ3) is 4.25. The van der Waals surface area contributed by atoms with Gasteiger partial charge in [-0.1, -0.05) is 24.3 Å². The standard InChI is InChI=1S/C19H18FN3O5/c20-15-6-2-4-8-17(15)21-9-11-22(12-10-21)18(24)13-28-19(25)14-5-1-3-7-16(14)23(26)27/h1-8H,9-13H2. The van der Waals surface area contributed by atoms with E-state index in [2.05, 4.69) is 0 Å². The highest BCUT2D eigenvalue weighted by Crippen LogP contribution is 2.21. The summed E-state index contributed by atoms with van der Waals surface area (Å²) in [6.45, 7) is 1.10. The summed E-state index contributed by atoms with van der Waals surface area (Å²) in [7, 11) is 0. The van der Waals surface area contributed by atoms with Gasteiger partial charge in [-0.3, -0.25) is 14.9 Å². The van der Waals surface area contributed by atoms with Gasteiger partial charge < -0.3 is 14.5 Å². The van der Waals surface area contributed by atoms with E-state index < -0.39 is 23.4 Å². The summed E-state index contributed by atoms with van der Waals surface area (Å²) in [6, 6.07) is 11.8. The molecule has 1 aliphatic heterocycles. The van der Waals surface area contributed by atoms with Gasteiger partial charge in [-0.2, -0.15) is 0 Å². The number of amides is 1. The molecule has 0 aromatic heterocycles. The topological polar surface area (TPSA) is 93.0 Å². The first kappa shape index (κ1) is 19.3. The molecule has 28 heavy (non-hydrogen) atoms. The van der Waals surface area contributed by atoms with Crippen molar-refractivity contribution in [2.75, 3.05) is 37.7 Å². The summed E-state index contributed by atoms with van der Waals surface area (Å²) >= 11 is 0. The molecule has 0 bridgehead atoms. The molecular formula is C19H18FN3O5. The molecular weight excluding hydrogens is 369 g/mol. The van der Waals surface area contributed by atoms with Crippen LogP contribution in [0.15, 0.2) is 48.5 Å². The number of carbonyl (C=O) groups excluding carboxylic acids is 2. The molecule has 0 N–H and O–H groups in total. The molecule has 0 saturated carbocycles. The van der Waals surface area contributed by atoms with Crippen LogP contribution < -0.4 is 4.90 Å². The molecule has 1 fully saturated rings. The van der Waals surface area contributed by atoms with Crippen molar-refractivity contribution in [3.05, 3.63) is 70.0 Å². The maximum absolute atomic E-state index is 13.9. The predicted octanol–water partition coefficient (Wildman–Crippen LogP) is 2.24. The predicted molar refractivity (Wildman–Crippen MR) is 98.6 cm³/mol. The van der Waals surface area contributed by atoms with Crippen LogP contribution in [0.1, 0.15) is 10.4 Å². The van der Waals surface area contributed by atoms with E-state index in [4.69, 9.17) is 4.74 Å². The van der Waals surface area contributed by atoms with Crippen molar-refractivity contribution in [1.29, 1.82) is 0 Å². The minimum Gasteiger partial charge on any atom is -0.452 e. The van der Waals surface area contributed by atoms with Crippen molar-refractivity contribution >= 4 is 23.3 Å². The van der Waals surface area contributed by atoms with Crippen molar-refractivity contribution in [3.63, 3.8) is 0 Å². The van der Waals surface area contributed by atoms with Gasteiger partial charge in [0.15, 0.2) is 6.61 Å². The number of ether oxygens (including phenoxy) is 1. The van der Waals surface area contributed by atoms with Gasteiger partial charge in [0.2, 0.25) is 0 Å². The fourth-order valence-electron chi connectivity index (χ4n) is 3.01. The third-order valence-electron chi connectivity index (χ3n) is 4.47. The summed E-state index contributed by atoms with van der Waals surface area (Å²) in [5.74, 6) is -1.65. The first-order chi connectivity index (χ1) is 13.5. The Morgan fingerprint density at radius 2 is 1.68 bits per heavy atom. The number of rotatable bonds is 5. The molecule has 0 aliphatic carbocycles. The van der Waals surface area contributed by atoms with Crippen molar-refractivity contribution in [3.8, 4) is 0 Å². The van der Waals surface area contributed by atoms with Crippen LogP contribution in [0.5, 0.6) is 0 Å². The van der Waals surface area contributed by atoms with E-state index in [9.17, 15) is 24.1 Å². The van der Waals surface area contributed by atoms with Crippen LogP contribution in [0.25, 0.3) is 0 Å². The Labute approximate surface area is 160 Å². The van der Waals surface area contributed by atoms with Gasteiger partial charge in [0.1, 0.15) is 11.4 Å². The number of para-hydroxylation sites is 2. The smallest absolute Gasteiger partial charge is 0.345 e. The van der Waals surface area contributed by atoms with Crippen molar-refractivity contribution < 1.29 is 23.6 Å². The lowest BCUT2D eigenvalue weighted by Crippen LogP contribution is -2.50. The molecule has 0 atom stereocenters. The van der Waals surface area contributed by atoms with Crippen LogP contribution in [0.3, 0.4) is 0 Å². The first-order valence-corrected chi connectivity index (χ1v) is 8.65. The number of nitro groups is 1. The zero-order chi connectivity index (χ0) is 20.1. The summed E-state index contributed by atoms with van der Waals surface area (Å²) < 4.78 is 18.8. The Morgan fingerprint density at radius 3 is 2.36 bits per heavy atom. The van der Waals surface area contributed by atoms with Crippen LogP contribution in [-0.2, 0) is 9.53 Å². The molecule has 3 rings (SSSR count). The summed E-state index contributed by atoms with van der Waals surface area (Å²) in [4.78, 5) is 38.0. The number of anilines is 1. The second kappa shape index (κ2) is 8.47. The van der Waals surface area contributed by atoms with Crippen LogP contribution in [-0.4, -0.2) is 54.5 Å². The Balaban J connectivity index is 1.53. The number of halogens is 1. The minimum absolute atomic E-state index is 0.204. The lowest BCUT2D eigenvalue weighted by atomic mass is 10.2. The van der Waals surface area contributed by atoms with Gasteiger partial charge in [0.05, 0.1) is 10.6 Å². The number of hydrogen-bond donors (Lipinski definition) is 0. The van der Waals surface area contributed by atoms with E-state index >= 15 is 0 Å². The van der Waals surface area contributed by atoms with Gasteiger partial charge in [-0.05, 0) is 18.2 Å². The Kier molecular flexibility index (Phi) is 5.83. The maximum atomic E-state index is 13.9. The number of esters is 1. The molecule has 9 heteroatoms. The van der Waals surface area contributed by atoms with Gasteiger partial charge in [-0.15, -0.1) is 0 Å². The summed E-state index contributed by atoms with van der Waals surface area (Å²) in [5.41, 5.74) is -0.0967. The Morgan fingerprint density at radius 1 is 1.04 bits per heavy atom. The number of nitrogens with zero attached hydrogens (tertiary/aromatic N) is 3. The average molecular weight is 387 g/mol. The van der Waals surface area contributed by atoms with E-state index in [0.29, 0.717) is 31.9 Å². The first-order valence-electron chi connectivity index (χ1n) is 8.65. The zero-order valence-corrected chi connectivity index (χ0v) is 14.9. The molecule has 1 aliphatic rings. The van der Waals surface area contributed by atoms with E-state index in [1.54, 1.807) is 18.2 Å². The number of hydrogen-bond acceptors (Lipinski definition) is 6. The molecule has 1 heterocycles. The molecule has 1 amide bonds. The van der Waals surface area contributed by atoms with Crippen molar-refractivity contribution in [1.82, 2.24) is 4.90 Å². The van der Waals surface area contributed by atoms with Gasteiger partial charge in [-0.25, -0.2) is 9.18 Å². The number of piperazine rings is 1. The molecule has 1 saturated heterocycles. The molecule has 0 spiro atoms. The molecule has 8 nitrogen and oxygen atoms in total. The highest BCUT2D eigenvalue weighted by molar-refractivity contribution is 5.95. The molecule has 2 aromatic rings. The third-order valence-corrected chi connectivity index (χ3v) is 4.47. The van der Waals surface area contributed by atoms with E-state index in [1.807, 2.05) is 4.90 Å².